The van der Waals surface area contributed by atoms with E-state index in [-0.39, 0.29) is 37.1 Å². The topological polar surface area (TPSA) is 133 Å². The molecule has 1 atom stereocenters. The molecule has 1 aliphatic rings. The van der Waals surface area contributed by atoms with Gasteiger partial charge in [-0.2, -0.15) is 5.21 Å². The van der Waals surface area contributed by atoms with Crippen molar-refractivity contribution in [1.82, 2.24) is 25.9 Å². The SMILES string of the molecule is CCc1ccc(C(NC(=O)CCC(=O)N2CC(=O)Nc3ccccc32)c2nn[nH]n2)cc1. The van der Waals surface area contributed by atoms with Gasteiger partial charge in [0.25, 0.3) is 0 Å². The monoisotopic (exact) mass is 433 g/mol. The van der Waals surface area contributed by atoms with E-state index >= 15 is 0 Å². The second-order valence-electron chi connectivity index (χ2n) is 7.41. The number of aromatic nitrogens is 4. The highest BCUT2D eigenvalue weighted by Crippen LogP contribution is 2.29. The van der Waals surface area contributed by atoms with Gasteiger partial charge in [0.15, 0.2) is 0 Å². The Kier molecular flexibility index (Phi) is 6.20. The maximum absolute atomic E-state index is 12.8. The number of hydrogen-bond acceptors (Lipinski definition) is 6. The summed E-state index contributed by atoms with van der Waals surface area (Å²) in [7, 11) is 0. The van der Waals surface area contributed by atoms with Gasteiger partial charge < -0.3 is 15.5 Å². The zero-order valence-electron chi connectivity index (χ0n) is 17.5. The first-order valence-corrected chi connectivity index (χ1v) is 10.4. The predicted molar refractivity (Wildman–Crippen MR) is 117 cm³/mol. The van der Waals surface area contributed by atoms with Crippen molar-refractivity contribution in [3.63, 3.8) is 0 Å². The summed E-state index contributed by atoms with van der Waals surface area (Å²) in [5.41, 5.74) is 3.18. The Morgan fingerprint density at radius 2 is 1.91 bits per heavy atom. The zero-order chi connectivity index (χ0) is 22.5. The number of rotatable bonds is 7. The van der Waals surface area contributed by atoms with Crippen LogP contribution in [0.25, 0.3) is 0 Å². The maximum Gasteiger partial charge on any atom is 0.244 e. The second kappa shape index (κ2) is 9.38. The van der Waals surface area contributed by atoms with E-state index in [1.165, 1.54) is 10.5 Å². The summed E-state index contributed by atoms with van der Waals surface area (Å²) in [6.07, 6.45) is 0.820. The van der Waals surface area contributed by atoms with E-state index in [4.69, 9.17) is 0 Å². The van der Waals surface area contributed by atoms with Crippen molar-refractivity contribution in [3.05, 3.63) is 65.5 Å². The molecule has 1 aliphatic heterocycles. The number of carbonyl (C=O) groups is 3. The van der Waals surface area contributed by atoms with Gasteiger partial charge in [-0.05, 0) is 29.7 Å². The fourth-order valence-corrected chi connectivity index (χ4v) is 3.58. The van der Waals surface area contributed by atoms with Crippen LogP contribution in [-0.2, 0) is 20.8 Å². The molecule has 2 aromatic carbocycles. The number of fused-ring (bicyclic) bond motifs is 1. The van der Waals surface area contributed by atoms with Crippen LogP contribution in [0.5, 0.6) is 0 Å². The highest BCUT2D eigenvalue weighted by Gasteiger charge is 2.27. The zero-order valence-corrected chi connectivity index (χ0v) is 17.5. The number of benzene rings is 2. The second-order valence-corrected chi connectivity index (χ2v) is 7.41. The molecule has 32 heavy (non-hydrogen) atoms. The molecule has 3 N–H and O–H groups in total. The lowest BCUT2D eigenvalue weighted by Gasteiger charge is -2.29. The normalized spacial score (nSPS) is 13.8. The lowest BCUT2D eigenvalue weighted by atomic mass is 10.0. The van der Waals surface area contributed by atoms with Crippen molar-refractivity contribution >= 4 is 29.1 Å². The number of nitrogens with one attached hydrogen (secondary N) is 3. The van der Waals surface area contributed by atoms with Crippen molar-refractivity contribution in [2.24, 2.45) is 0 Å². The molecule has 1 unspecified atom stereocenters. The average Bonchev–Trinajstić information content (AvgIpc) is 3.35. The van der Waals surface area contributed by atoms with Crippen LogP contribution in [0.15, 0.2) is 48.5 Å². The number of aryl methyl sites for hydroxylation is 1. The summed E-state index contributed by atoms with van der Waals surface area (Å²) in [5.74, 6) is -0.571. The average molecular weight is 433 g/mol. The summed E-state index contributed by atoms with van der Waals surface area (Å²) < 4.78 is 0. The Hall–Kier alpha value is -4.08. The Balaban J connectivity index is 1.43. The Morgan fingerprint density at radius 1 is 1.12 bits per heavy atom. The number of anilines is 2. The standard InChI is InChI=1S/C22H23N7O3/c1-2-14-7-9-15(10-8-14)21(22-25-27-28-26-22)24-18(30)11-12-20(32)29-13-19(31)23-16-5-3-4-6-17(16)29/h3-10,21H,2,11-13H2,1H3,(H,23,31)(H,24,30)(H,25,26,27,28). The first-order valence-electron chi connectivity index (χ1n) is 10.4. The fraction of sp³-hybridized carbons (Fsp3) is 0.273. The number of nitrogens with zero attached hydrogens (tertiary/aromatic N) is 4. The number of tetrazole rings is 1. The first-order chi connectivity index (χ1) is 15.5. The Labute approximate surface area is 184 Å². The van der Waals surface area contributed by atoms with Crippen LogP contribution < -0.4 is 15.5 Å². The summed E-state index contributed by atoms with van der Waals surface area (Å²) in [6, 6.07) is 14.3. The van der Waals surface area contributed by atoms with E-state index in [0.717, 1.165) is 12.0 Å². The highest BCUT2D eigenvalue weighted by atomic mass is 16.2. The van der Waals surface area contributed by atoms with E-state index in [9.17, 15) is 14.4 Å². The van der Waals surface area contributed by atoms with E-state index in [2.05, 4.69) is 38.2 Å². The quantitative estimate of drug-likeness (QED) is 0.520. The molecule has 0 spiro atoms. The van der Waals surface area contributed by atoms with Crippen LogP contribution in [0.1, 0.15) is 42.8 Å². The molecule has 0 aliphatic carbocycles. The summed E-state index contributed by atoms with van der Waals surface area (Å²) >= 11 is 0. The minimum atomic E-state index is -0.594. The van der Waals surface area contributed by atoms with Crippen LogP contribution in [0.3, 0.4) is 0 Å². The summed E-state index contributed by atoms with van der Waals surface area (Å²) in [6.45, 7) is 1.99. The fourth-order valence-electron chi connectivity index (χ4n) is 3.58. The molecule has 1 aromatic heterocycles. The van der Waals surface area contributed by atoms with Gasteiger partial charge in [-0.1, -0.05) is 48.5 Å². The van der Waals surface area contributed by atoms with Gasteiger partial charge in [-0.3, -0.25) is 14.4 Å². The van der Waals surface area contributed by atoms with Gasteiger partial charge in [0.2, 0.25) is 23.5 Å². The molecular formula is C22H23N7O3. The number of aromatic amines is 1. The Morgan fingerprint density at radius 3 is 2.62 bits per heavy atom. The number of hydrogen-bond donors (Lipinski definition) is 3. The molecule has 10 heteroatoms. The molecule has 3 aromatic rings. The van der Waals surface area contributed by atoms with E-state index in [1.54, 1.807) is 24.3 Å². The minimum absolute atomic E-state index is 0.0405. The van der Waals surface area contributed by atoms with Crippen LogP contribution in [0.4, 0.5) is 11.4 Å². The highest BCUT2D eigenvalue weighted by molar-refractivity contribution is 6.10. The molecule has 0 bridgehead atoms. The van der Waals surface area contributed by atoms with Crippen LogP contribution in [0.2, 0.25) is 0 Å². The van der Waals surface area contributed by atoms with E-state index in [1.807, 2.05) is 24.3 Å². The number of carbonyl (C=O) groups excluding carboxylic acids is 3. The third kappa shape index (κ3) is 4.64. The predicted octanol–water partition coefficient (Wildman–Crippen LogP) is 1.73. The molecule has 10 nitrogen and oxygen atoms in total. The van der Waals surface area contributed by atoms with Gasteiger partial charge in [-0.15, -0.1) is 10.2 Å². The largest absolute Gasteiger partial charge is 0.342 e. The van der Waals surface area contributed by atoms with Gasteiger partial charge in [0, 0.05) is 12.8 Å². The lowest BCUT2D eigenvalue weighted by molar-refractivity contribution is -0.126. The van der Waals surface area contributed by atoms with Crippen molar-refractivity contribution in [2.45, 2.75) is 32.2 Å². The first kappa shape index (κ1) is 21.2. The lowest BCUT2D eigenvalue weighted by Crippen LogP contribution is -2.42. The summed E-state index contributed by atoms with van der Waals surface area (Å²) in [5, 5.41) is 19.6. The third-order valence-electron chi connectivity index (χ3n) is 5.28. The maximum atomic E-state index is 12.8. The molecule has 0 radical (unpaired) electrons. The van der Waals surface area contributed by atoms with Crippen molar-refractivity contribution in [2.75, 3.05) is 16.8 Å². The van der Waals surface area contributed by atoms with E-state index in [0.29, 0.717) is 17.2 Å². The van der Waals surface area contributed by atoms with Crippen LogP contribution in [0, 0.1) is 0 Å². The molecule has 0 fully saturated rings. The van der Waals surface area contributed by atoms with Crippen molar-refractivity contribution < 1.29 is 14.4 Å². The third-order valence-corrected chi connectivity index (χ3v) is 5.28. The Bertz CT molecular complexity index is 1110. The summed E-state index contributed by atoms with van der Waals surface area (Å²) in [4.78, 5) is 38.8. The molecule has 4 rings (SSSR count). The van der Waals surface area contributed by atoms with E-state index < -0.39 is 6.04 Å². The molecule has 0 saturated heterocycles. The van der Waals surface area contributed by atoms with Gasteiger partial charge in [-0.25, -0.2) is 0 Å². The minimum Gasteiger partial charge on any atom is -0.342 e. The number of amides is 3. The molecule has 0 saturated carbocycles. The van der Waals surface area contributed by atoms with Gasteiger partial charge in [0.05, 0.1) is 11.4 Å². The molecule has 3 amide bonds. The van der Waals surface area contributed by atoms with Gasteiger partial charge in [0.1, 0.15) is 12.6 Å². The molecule has 164 valence electrons. The van der Waals surface area contributed by atoms with Gasteiger partial charge >= 0.3 is 0 Å². The number of H-pyrrole nitrogens is 1. The van der Waals surface area contributed by atoms with Crippen molar-refractivity contribution in [1.29, 1.82) is 0 Å². The number of para-hydroxylation sites is 2. The van der Waals surface area contributed by atoms with Crippen molar-refractivity contribution in [3.8, 4) is 0 Å². The molecule has 2 heterocycles. The smallest absolute Gasteiger partial charge is 0.244 e. The van der Waals surface area contributed by atoms with Crippen LogP contribution in [-0.4, -0.2) is 44.9 Å². The van der Waals surface area contributed by atoms with Crippen LogP contribution >= 0.6 is 0 Å². The molecular weight excluding hydrogens is 410 g/mol.